The van der Waals surface area contributed by atoms with Gasteiger partial charge in [0.05, 0.1) is 0 Å². The molecular formula is C24H26N2O5. The van der Waals surface area contributed by atoms with E-state index in [-0.39, 0.29) is 5.91 Å². The Morgan fingerprint density at radius 2 is 1.65 bits per heavy atom. The maximum absolute atomic E-state index is 12.5. The maximum atomic E-state index is 12.5. The number of fused-ring (bicyclic) bond motifs is 1. The normalized spacial score (nSPS) is 15.9. The number of hydrogen-bond donors (Lipinski definition) is 1. The van der Waals surface area contributed by atoms with Gasteiger partial charge in [-0.1, -0.05) is 30.3 Å². The third-order valence-corrected chi connectivity index (χ3v) is 5.74. The summed E-state index contributed by atoms with van der Waals surface area (Å²) in [7, 11) is 0. The molecule has 7 heteroatoms. The molecule has 4 rings (SSSR count). The number of likely N-dealkylation sites (tertiary alicyclic amines) is 1. The van der Waals surface area contributed by atoms with Gasteiger partial charge in [-0.15, -0.1) is 0 Å². The first-order chi connectivity index (χ1) is 15.1. The van der Waals surface area contributed by atoms with Crippen LogP contribution in [0.4, 0.5) is 5.69 Å². The van der Waals surface area contributed by atoms with E-state index in [4.69, 9.17) is 9.47 Å². The monoisotopic (exact) mass is 422 g/mol. The molecule has 1 saturated heterocycles. The van der Waals surface area contributed by atoms with Gasteiger partial charge in [0.2, 0.25) is 11.7 Å². The van der Waals surface area contributed by atoms with Gasteiger partial charge in [-0.05, 0) is 37.3 Å². The summed E-state index contributed by atoms with van der Waals surface area (Å²) in [6.45, 7) is 2.13. The molecule has 0 spiro atoms. The molecule has 0 saturated carbocycles. The van der Waals surface area contributed by atoms with Crippen LogP contribution in [0.25, 0.3) is 0 Å². The highest BCUT2D eigenvalue weighted by molar-refractivity contribution is 6.42. The Morgan fingerprint density at radius 3 is 2.39 bits per heavy atom. The van der Waals surface area contributed by atoms with Gasteiger partial charge in [0.1, 0.15) is 13.2 Å². The lowest BCUT2D eigenvalue weighted by Crippen LogP contribution is -2.42. The quantitative estimate of drug-likeness (QED) is 0.570. The van der Waals surface area contributed by atoms with Crippen molar-refractivity contribution in [2.75, 3.05) is 31.6 Å². The van der Waals surface area contributed by atoms with E-state index in [9.17, 15) is 14.4 Å². The third-order valence-electron chi connectivity index (χ3n) is 5.74. The average Bonchev–Trinajstić information content (AvgIpc) is 2.82. The van der Waals surface area contributed by atoms with E-state index < -0.39 is 11.7 Å². The fraction of sp³-hybridized carbons (Fsp3) is 0.375. The number of piperidine rings is 1. The number of anilines is 1. The van der Waals surface area contributed by atoms with Crippen LogP contribution in [0.5, 0.6) is 11.5 Å². The van der Waals surface area contributed by atoms with Crippen molar-refractivity contribution in [1.29, 1.82) is 0 Å². The van der Waals surface area contributed by atoms with Crippen LogP contribution >= 0.6 is 0 Å². The summed E-state index contributed by atoms with van der Waals surface area (Å²) < 4.78 is 11.0. The molecule has 31 heavy (non-hydrogen) atoms. The van der Waals surface area contributed by atoms with Crippen molar-refractivity contribution >= 4 is 23.3 Å². The Balaban J connectivity index is 1.21. The van der Waals surface area contributed by atoms with Gasteiger partial charge in [0.15, 0.2) is 11.5 Å². The zero-order valence-electron chi connectivity index (χ0n) is 17.3. The Hall–Kier alpha value is -3.35. The molecule has 1 fully saturated rings. The van der Waals surface area contributed by atoms with Crippen molar-refractivity contribution in [2.45, 2.75) is 25.7 Å². The van der Waals surface area contributed by atoms with E-state index in [0.29, 0.717) is 61.4 Å². The minimum atomic E-state index is -0.460. The van der Waals surface area contributed by atoms with Crippen LogP contribution in [-0.2, 0) is 9.59 Å². The zero-order valence-corrected chi connectivity index (χ0v) is 17.3. The summed E-state index contributed by atoms with van der Waals surface area (Å²) in [5, 5.41) is 2.91. The molecule has 2 heterocycles. The summed E-state index contributed by atoms with van der Waals surface area (Å²) >= 11 is 0. The summed E-state index contributed by atoms with van der Waals surface area (Å²) in [6.07, 6.45) is 2.76. The lowest BCUT2D eigenvalue weighted by atomic mass is 9.91. The first kappa shape index (κ1) is 20.9. The average molecular weight is 422 g/mol. The smallest absolute Gasteiger partial charge is 0.294 e. The number of nitrogens with zero attached hydrogens (tertiary/aromatic N) is 1. The number of amides is 2. The van der Waals surface area contributed by atoms with Crippen LogP contribution in [0.15, 0.2) is 48.5 Å². The molecule has 2 aromatic rings. The molecule has 7 nitrogen and oxygen atoms in total. The SMILES string of the molecule is O=C(CCC1CCN(C(=O)C(=O)c2ccccc2)CC1)Nc1ccc2c(c1)OCCO2. The molecule has 2 amide bonds. The molecule has 162 valence electrons. The highest BCUT2D eigenvalue weighted by atomic mass is 16.6. The van der Waals surface area contributed by atoms with E-state index in [1.54, 1.807) is 47.4 Å². The summed E-state index contributed by atoms with van der Waals surface area (Å²) in [4.78, 5) is 38.8. The molecule has 0 aliphatic carbocycles. The van der Waals surface area contributed by atoms with Crippen molar-refractivity contribution in [1.82, 2.24) is 4.90 Å². The minimum absolute atomic E-state index is 0.0468. The van der Waals surface area contributed by atoms with Gasteiger partial charge in [0.25, 0.3) is 5.91 Å². The van der Waals surface area contributed by atoms with Crippen LogP contribution in [-0.4, -0.2) is 48.8 Å². The first-order valence-electron chi connectivity index (χ1n) is 10.7. The molecule has 0 atom stereocenters. The third kappa shape index (κ3) is 5.23. The number of carbonyl (C=O) groups is 3. The maximum Gasteiger partial charge on any atom is 0.294 e. The Labute approximate surface area is 181 Å². The van der Waals surface area contributed by atoms with Crippen LogP contribution < -0.4 is 14.8 Å². The van der Waals surface area contributed by atoms with E-state index in [2.05, 4.69) is 5.32 Å². The van der Waals surface area contributed by atoms with Gasteiger partial charge < -0.3 is 19.7 Å². The second-order valence-corrected chi connectivity index (χ2v) is 7.88. The minimum Gasteiger partial charge on any atom is -0.486 e. The van der Waals surface area contributed by atoms with Gasteiger partial charge in [0, 0.05) is 36.8 Å². The van der Waals surface area contributed by atoms with Crippen LogP contribution in [0.3, 0.4) is 0 Å². The van der Waals surface area contributed by atoms with Crippen molar-refractivity contribution in [3.05, 3.63) is 54.1 Å². The topological polar surface area (TPSA) is 84.9 Å². The number of hydrogen-bond acceptors (Lipinski definition) is 5. The van der Waals surface area contributed by atoms with E-state index >= 15 is 0 Å². The summed E-state index contributed by atoms with van der Waals surface area (Å²) in [5.41, 5.74) is 1.11. The number of ether oxygens (including phenoxy) is 2. The Kier molecular flexibility index (Phi) is 6.50. The fourth-order valence-corrected chi connectivity index (χ4v) is 3.96. The van der Waals surface area contributed by atoms with Gasteiger partial charge in [-0.25, -0.2) is 0 Å². The van der Waals surface area contributed by atoms with E-state index in [1.807, 2.05) is 6.07 Å². The van der Waals surface area contributed by atoms with Crippen molar-refractivity contribution < 1.29 is 23.9 Å². The largest absolute Gasteiger partial charge is 0.486 e. The molecule has 0 unspecified atom stereocenters. The van der Waals surface area contributed by atoms with E-state index in [1.165, 1.54) is 0 Å². The molecule has 0 bridgehead atoms. The van der Waals surface area contributed by atoms with E-state index in [0.717, 1.165) is 19.3 Å². The number of nitrogens with one attached hydrogen (secondary N) is 1. The predicted octanol–water partition coefficient (Wildman–Crippen LogP) is 3.30. The van der Waals surface area contributed by atoms with Crippen LogP contribution in [0.2, 0.25) is 0 Å². The van der Waals surface area contributed by atoms with Crippen molar-refractivity contribution in [3.8, 4) is 11.5 Å². The molecule has 0 radical (unpaired) electrons. The zero-order chi connectivity index (χ0) is 21.6. The van der Waals surface area contributed by atoms with Crippen molar-refractivity contribution in [3.63, 3.8) is 0 Å². The number of rotatable bonds is 6. The number of carbonyl (C=O) groups excluding carboxylic acids is 3. The standard InChI is InChI=1S/C24H26N2O5/c27-22(25-19-7-8-20-21(16-19)31-15-14-30-20)9-6-17-10-12-26(13-11-17)24(29)23(28)18-4-2-1-3-5-18/h1-5,7-8,16-17H,6,9-15H2,(H,25,27). The molecule has 0 aromatic heterocycles. The lowest BCUT2D eigenvalue weighted by Gasteiger charge is -2.31. The van der Waals surface area contributed by atoms with Crippen LogP contribution in [0.1, 0.15) is 36.0 Å². The van der Waals surface area contributed by atoms with Crippen molar-refractivity contribution in [2.24, 2.45) is 5.92 Å². The highest BCUT2D eigenvalue weighted by Gasteiger charge is 2.27. The van der Waals surface area contributed by atoms with Gasteiger partial charge in [-0.3, -0.25) is 14.4 Å². The molecular weight excluding hydrogens is 396 g/mol. The number of Topliss-reactive ketones (excluding diaryl/α,β-unsaturated/α-hetero) is 1. The molecule has 1 N–H and O–H groups in total. The lowest BCUT2D eigenvalue weighted by molar-refractivity contribution is -0.128. The summed E-state index contributed by atoms with van der Waals surface area (Å²) in [6, 6.07) is 14.0. The van der Waals surface area contributed by atoms with Gasteiger partial charge in [-0.2, -0.15) is 0 Å². The van der Waals surface area contributed by atoms with Crippen LogP contribution in [0, 0.1) is 5.92 Å². The van der Waals surface area contributed by atoms with Gasteiger partial charge >= 0.3 is 0 Å². The predicted molar refractivity (Wildman–Crippen MR) is 115 cm³/mol. The molecule has 2 aliphatic heterocycles. The fourth-order valence-electron chi connectivity index (χ4n) is 3.96. The number of benzene rings is 2. The summed E-state index contributed by atoms with van der Waals surface area (Å²) in [5.74, 6) is 0.748. The first-order valence-corrected chi connectivity index (χ1v) is 10.7. The number of ketones is 1. The molecule has 2 aliphatic rings. The second-order valence-electron chi connectivity index (χ2n) is 7.88. The second kappa shape index (κ2) is 9.64. The Morgan fingerprint density at radius 1 is 0.935 bits per heavy atom. The Bertz CT molecular complexity index is 952. The molecule has 2 aromatic carbocycles. The highest BCUT2D eigenvalue weighted by Crippen LogP contribution is 2.32.